The number of nitrogens with one attached hydrogen (secondary N) is 1. The van der Waals surface area contributed by atoms with Gasteiger partial charge in [0.05, 0.1) is 13.7 Å². The second-order valence-electron chi connectivity index (χ2n) is 5.81. The Labute approximate surface area is 137 Å². The molecule has 1 heterocycles. The van der Waals surface area contributed by atoms with Gasteiger partial charge in [0.25, 0.3) is 0 Å². The van der Waals surface area contributed by atoms with Gasteiger partial charge in [-0.25, -0.2) is 4.79 Å². The van der Waals surface area contributed by atoms with Gasteiger partial charge in [-0.15, -0.1) is 6.42 Å². The summed E-state index contributed by atoms with van der Waals surface area (Å²) in [5, 5.41) is 8.41. The average molecular weight is 313 g/mol. The predicted molar refractivity (Wildman–Crippen MR) is 90.3 cm³/mol. The van der Waals surface area contributed by atoms with E-state index in [0.717, 1.165) is 5.56 Å². The Balaban J connectivity index is 2.11. The van der Waals surface area contributed by atoms with Crippen LogP contribution in [-0.2, 0) is 16.0 Å². The van der Waals surface area contributed by atoms with Crippen LogP contribution in [0.2, 0.25) is 0 Å². The van der Waals surface area contributed by atoms with Gasteiger partial charge in [0.1, 0.15) is 11.9 Å². The molecule has 5 nitrogen and oxygen atoms in total. The Hall–Kier alpha value is -2.32. The molecule has 1 aromatic carbocycles. The van der Waals surface area contributed by atoms with Crippen LogP contribution in [0.25, 0.3) is 0 Å². The van der Waals surface area contributed by atoms with E-state index in [1.807, 2.05) is 47.2 Å². The van der Waals surface area contributed by atoms with Crippen molar-refractivity contribution in [2.75, 3.05) is 27.2 Å². The van der Waals surface area contributed by atoms with E-state index in [1.54, 1.807) is 0 Å². The van der Waals surface area contributed by atoms with Gasteiger partial charge in [-0.05, 0) is 19.0 Å². The van der Waals surface area contributed by atoms with E-state index < -0.39 is 6.04 Å². The zero-order chi connectivity index (χ0) is 16.8. The molecule has 5 heteroatoms. The number of benzene rings is 1. The molecule has 0 amide bonds. The highest BCUT2D eigenvalue weighted by atomic mass is 16.5. The maximum Gasteiger partial charge on any atom is 0.328 e. The van der Waals surface area contributed by atoms with Gasteiger partial charge in [-0.3, -0.25) is 10.3 Å². The molecule has 0 bridgehead atoms. The highest BCUT2D eigenvalue weighted by molar-refractivity contribution is 5.88. The third kappa shape index (κ3) is 4.11. The van der Waals surface area contributed by atoms with Crippen LogP contribution in [0.1, 0.15) is 12.0 Å². The van der Waals surface area contributed by atoms with E-state index in [0.29, 0.717) is 31.8 Å². The van der Waals surface area contributed by atoms with Gasteiger partial charge in [-0.2, -0.15) is 0 Å². The maximum absolute atomic E-state index is 12.1. The van der Waals surface area contributed by atoms with Crippen molar-refractivity contribution in [2.24, 2.45) is 0 Å². The number of terminal acetylenes is 1. The van der Waals surface area contributed by atoms with Gasteiger partial charge in [0.15, 0.2) is 0 Å². The van der Waals surface area contributed by atoms with Crippen LogP contribution < -0.4 is 0 Å². The summed E-state index contributed by atoms with van der Waals surface area (Å²) in [5.74, 6) is 2.77. The second kappa shape index (κ2) is 7.80. The Morgan fingerprint density at radius 2 is 2.17 bits per heavy atom. The zero-order valence-electron chi connectivity index (χ0n) is 13.7. The summed E-state index contributed by atoms with van der Waals surface area (Å²) < 4.78 is 4.92. The molecular formula is C18H23N3O2. The standard InChI is InChI=1S/C18H23N3O2/c1-4-10-20(2)15-12-16(18(22)23-3)21(13-15)17(19)11-14-8-6-5-7-9-14/h1,5-9,15-16,19H,10-13H2,2-3H3. The van der Waals surface area contributed by atoms with E-state index in [4.69, 9.17) is 16.6 Å². The van der Waals surface area contributed by atoms with Crippen LogP contribution in [0.5, 0.6) is 0 Å². The van der Waals surface area contributed by atoms with Gasteiger partial charge in [-0.1, -0.05) is 36.3 Å². The number of hydrogen-bond donors (Lipinski definition) is 1. The van der Waals surface area contributed by atoms with Gasteiger partial charge >= 0.3 is 5.97 Å². The quantitative estimate of drug-likeness (QED) is 0.386. The number of hydrogen-bond acceptors (Lipinski definition) is 4. The highest BCUT2D eigenvalue weighted by Gasteiger charge is 2.40. The predicted octanol–water partition coefficient (Wildman–Crippen LogP) is 1.39. The van der Waals surface area contributed by atoms with Crippen molar-refractivity contribution in [3.05, 3.63) is 35.9 Å². The molecule has 1 aliphatic rings. The summed E-state index contributed by atoms with van der Waals surface area (Å²) >= 11 is 0. The van der Waals surface area contributed by atoms with Gasteiger partial charge in [0, 0.05) is 19.0 Å². The number of ether oxygens (including phenoxy) is 1. The molecule has 2 unspecified atom stereocenters. The number of carbonyl (C=O) groups is 1. The third-order valence-corrected chi connectivity index (χ3v) is 4.28. The summed E-state index contributed by atoms with van der Waals surface area (Å²) in [4.78, 5) is 16.0. The van der Waals surface area contributed by atoms with Crippen LogP contribution in [0.3, 0.4) is 0 Å². The molecule has 122 valence electrons. The molecule has 0 saturated carbocycles. The molecular weight excluding hydrogens is 290 g/mol. The maximum atomic E-state index is 12.1. The Kier molecular flexibility index (Phi) is 5.78. The Morgan fingerprint density at radius 3 is 2.78 bits per heavy atom. The second-order valence-corrected chi connectivity index (χ2v) is 5.81. The number of rotatable bonds is 5. The number of likely N-dealkylation sites (N-methyl/N-ethyl adjacent to an activating group) is 1. The van der Waals surface area contributed by atoms with Crippen molar-refractivity contribution in [3.63, 3.8) is 0 Å². The number of carbonyl (C=O) groups excluding carboxylic acids is 1. The molecule has 0 aromatic heterocycles. The third-order valence-electron chi connectivity index (χ3n) is 4.28. The fourth-order valence-electron chi connectivity index (χ4n) is 2.95. The Morgan fingerprint density at radius 1 is 1.48 bits per heavy atom. The smallest absolute Gasteiger partial charge is 0.328 e. The van der Waals surface area contributed by atoms with Crippen molar-refractivity contribution in [2.45, 2.75) is 24.9 Å². The molecule has 1 aromatic rings. The lowest BCUT2D eigenvalue weighted by Gasteiger charge is -2.26. The first-order chi connectivity index (χ1) is 11.1. The number of amidine groups is 1. The minimum atomic E-state index is -0.415. The number of nitrogens with zero attached hydrogens (tertiary/aromatic N) is 2. The number of likely N-dealkylation sites (tertiary alicyclic amines) is 1. The molecule has 0 radical (unpaired) electrons. The molecule has 1 saturated heterocycles. The summed E-state index contributed by atoms with van der Waals surface area (Å²) in [5.41, 5.74) is 1.06. The fraction of sp³-hybridized carbons (Fsp3) is 0.444. The number of methoxy groups -OCH3 is 1. The summed E-state index contributed by atoms with van der Waals surface area (Å²) in [6.07, 6.45) is 6.50. The first-order valence-corrected chi connectivity index (χ1v) is 7.66. The monoisotopic (exact) mass is 313 g/mol. The van der Waals surface area contributed by atoms with Crippen molar-refractivity contribution < 1.29 is 9.53 Å². The van der Waals surface area contributed by atoms with Crippen LogP contribution >= 0.6 is 0 Å². The first-order valence-electron chi connectivity index (χ1n) is 7.66. The van der Waals surface area contributed by atoms with Crippen LogP contribution in [0, 0.1) is 17.8 Å². The van der Waals surface area contributed by atoms with Crippen molar-refractivity contribution in [3.8, 4) is 12.3 Å². The van der Waals surface area contributed by atoms with Crippen LogP contribution in [-0.4, -0.2) is 60.9 Å². The van der Waals surface area contributed by atoms with Gasteiger partial charge < -0.3 is 9.64 Å². The minimum absolute atomic E-state index is 0.145. The van der Waals surface area contributed by atoms with E-state index in [9.17, 15) is 4.79 Å². The molecule has 2 atom stereocenters. The van der Waals surface area contributed by atoms with Crippen LogP contribution in [0.4, 0.5) is 0 Å². The SMILES string of the molecule is C#CCN(C)C1CC(C(=O)OC)N(C(=N)Cc2ccccc2)C1. The highest BCUT2D eigenvalue weighted by Crippen LogP contribution is 2.23. The summed E-state index contributed by atoms with van der Waals surface area (Å²) in [6, 6.07) is 9.55. The van der Waals surface area contributed by atoms with E-state index in [1.165, 1.54) is 7.11 Å². The first kappa shape index (κ1) is 17.0. The van der Waals surface area contributed by atoms with Crippen LogP contribution in [0.15, 0.2) is 30.3 Å². The van der Waals surface area contributed by atoms with Gasteiger partial charge in [0.2, 0.25) is 0 Å². The molecule has 0 spiro atoms. The molecule has 0 aliphatic carbocycles. The molecule has 1 N–H and O–H groups in total. The van der Waals surface area contributed by atoms with E-state index >= 15 is 0 Å². The molecule has 2 rings (SSSR count). The largest absolute Gasteiger partial charge is 0.467 e. The lowest BCUT2D eigenvalue weighted by atomic mass is 10.1. The lowest BCUT2D eigenvalue weighted by molar-refractivity contribution is -0.144. The van der Waals surface area contributed by atoms with E-state index in [-0.39, 0.29) is 12.0 Å². The van der Waals surface area contributed by atoms with Crippen molar-refractivity contribution in [1.82, 2.24) is 9.80 Å². The zero-order valence-corrected chi connectivity index (χ0v) is 13.7. The normalized spacial score (nSPS) is 20.3. The summed E-state index contributed by atoms with van der Waals surface area (Å²) in [7, 11) is 3.34. The van der Waals surface area contributed by atoms with Crippen molar-refractivity contribution in [1.29, 1.82) is 5.41 Å². The van der Waals surface area contributed by atoms with Crippen molar-refractivity contribution >= 4 is 11.8 Å². The average Bonchev–Trinajstić information content (AvgIpc) is 3.01. The topological polar surface area (TPSA) is 56.6 Å². The molecule has 23 heavy (non-hydrogen) atoms. The number of esters is 1. The summed E-state index contributed by atoms with van der Waals surface area (Å²) in [6.45, 7) is 1.14. The fourth-order valence-corrected chi connectivity index (χ4v) is 2.95. The molecule has 1 aliphatic heterocycles. The minimum Gasteiger partial charge on any atom is -0.467 e. The van der Waals surface area contributed by atoms with E-state index in [2.05, 4.69) is 5.92 Å². The Bertz CT molecular complexity index is 594. The molecule has 1 fully saturated rings. The lowest BCUT2D eigenvalue weighted by Crippen LogP contribution is -2.42.